The molecule has 0 unspecified atom stereocenters. The summed E-state index contributed by atoms with van der Waals surface area (Å²) in [5, 5.41) is 0. The maximum absolute atomic E-state index is 12.3. The van der Waals surface area contributed by atoms with Gasteiger partial charge in [0, 0.05) is 16.8 Å². The van der Waals surface area contributed by atoms with Crippen molar-refractivity contribution in [1.82, 2.24) is 0 Å². The minimum atomic E-state index is 0.0347. The lowest BCUT2D eigenvalue weighted by Crippen LogP contribution is -2.09. The fourth-order valence-corrected chi connectivity index (χ4v) is 2.49. The molecule has 0 aliphatic heterocycles. The summed E-state index contributed by atoms with van der Waals surface area (Å²) >= 11 is 0. The van der Waals surface area contributed by atoms with Crippen LogP contribution in [0.2, 0.25) is 0 Å². The molecule has 1 aliphatic rings. The zero-order valence-electron chi connectivity index (χ0n) is 10.8. The summed E-state index contributed by atoms with van der Waals surface area (Å²) in [6.07, 6.45) is 3.89. The Labute approximate surface area is 113 Å². The Balaban J connectivity index is 1.83. The van der Waals surface area contributed by atoms with Gasteiger partial charge in [0.15, 0.2) is 5.78 Å². The van der Waals surface area contributed by atoms with Gasteiger partial charge in [0.25, 0.3) is 0 Å². The number of rotatable bonds is 3. The molecular weight excluding hydrogens is 234 g/mol. The number of anilines is 1. The van der Waals surface area contributed by atoms with Crippen molar-refractivity contribution < 1.29 is 4.79 Å². The highest BCUT2D eigenvalue weighted by Crippen LogP contribution is 2.36. The van der Waals surface area contributed by atoms with Crippen molar-refractivity contribution in [3.8, 4) is 0 Å². The Kier molecular flexibility index (Phi) is 3.08. The topological polar surface area (TPSA) is 43.1 Å². The van der Waals surface area contributed by atoms with Crippen LogP contribution in [0.4, 0.5) is 5.69 Å². The van der Waals surface area contributed by atoms with Gasteiger partial charge in [0.05, 0.1) is 0 Å². The van der Waals surface area contributed by atoms with Crippen LogP contribution in [0.3, 0.4) is 0 Å². The van der Waals surface area contributed by atoms with Gasteiger partial charge >= 0.3 is 0 Å². The van der Waals surface area contributed by atoms with Crippen LogP contribution in [0.1, 0.15) is 46.7 Å². The molecule has 2 aromatic carbocycles. The summed E-state index contributed by atoms with van der Waals surface area (Å²) in [4.78, 5) is 12.3. The van der Waals surface area contributed by atoms with Crippen molar-refractivity contribution in [2.45, 2.75) is 25.2 Å². The summed E-state index contributed by atoms with van der Waals surface area (Å²) < 4.78 is 0. The van der Waals surface area contributed by atoms with Crippen LogP contribution in [0.25, 0.3) is 0 Å². The highest BCUT2D eigenvalue weighted by molar-refractivity contribution is 6.09. The first-order chi connectivity index (χ1) is 9.24. The van der Waals surface area contributed by atoms with Gasteiger partial charge in [-0.2, -0.15) is 0 Å². The second-order valence-corrected chi connectivity index (χ2v) is 5.20. The molecule has 2 nitrogen and oxygen atoms in total. The van der Waals surface area contributed by atoms with Crippen molar-refractivity contribution in [3.05, 3.63) is 65.2 Å². The Morgan fingerprint density at radius 3 is 2.32 bits per heavy atom. The summed E-state index contributed by atoms with van der Waals surface area (Å²) in [5.74, 6) is 0.740. The molecule has 0 amide bonds. The molecule has 0 radical (unpaired) electrons. The van der Waals surface area contributed by atoms with Gasteiger partial charge in [-0.05, 0) is 36.5 Å². The van der Waals surface area contributed by atoms with Gasteiger partial charge in [-0.15, -0.1) is 0 Å². The quantitative estimate of drug-likeness (QED) is 0.666. The number of nitrogen functional groups attached to an aromatic ring is 1. The Bertz CT molecular complexity index is 597. The van der Waals surface area contributed by atoms with Crippen LogP contribution >= 0.6 is 0 Å². The summed E-state index contributed by atoms with van der Waals surface area (Å²) in [6.45, 7) is 0. The fraction of sp³-hybridized carbons (Fsp3) is 0.235. The van der Waals surface area contributed by atoms with E-state index >= 15 is 0 Å². The van der Waals surface area contributed by atoms with Crippen LogP contribution in [-0.2, 0) is 0 Å². The second-order valence-electron chi connectivity index (χ2n) is 5.20. The van der Waals surface area contributed by atoms with E-state index in [0.29, 0.717) is 17.2 Å². The lowest BCUT2D eigenvalue weighted by molar-refractivity contribution is 0.103. The molecular formula is C17H17NO. The molecule has 2 heteroatoms. The van der Waals surface area contributed by atoms with Gasteiger partial charge in [-0.25, -0.2) is 0 Å². The van der Waals surface area contributed by atoms with Crippen LogP contribution in [0.5, 0.6) is 0 Å². The Morgan fingerprint density at radius 1 is 1.00 bits per heavy atom. The van der Waals surface area contributed by atoms with E-state index in [1.165, 1.54) is 24.8 Å². The zero-order valence-corrected chi connectivity index (χ0v) is 10.8. The minimum absolute atomic E-state index is 0.0347. The first-order valence-electron chi connectivity index (χ1n) is 6.74. The first kappa shape index (κ1) is 12.0. The highest BCUT2D eigenvalue weighted by atomic mass is 16.1. The lowest BCUT2D eigenvalue weighted by Gasteiger charge is -2.25. The number of carbonyl (C=O) groups excluding carboxylic acids is 1. The maximum atomic E-state index is 12.3. The molecule has 96 valence electrons. The van der Waals surface area contributed by atoms with E-state index in [9.17, 15) is 4.79 Å². The third-order valence-electron chi connectivity index (χ3n) is 3.90. The molecule has 19 heavy (non-hydrogen) atoms. The molecule has 0 spiro atoms. The normalized spacial score (nSPS) is 14.9. The van der Waals surface area contributed by atoms with E-state index in [-0.39, 0.29) is 5.78 Å². The largest absolute Gasteiger partial charge is 0.399 e. The van der Waals surface area contributed by atoms with E-state index in [4.69, 9.17) is 5.73 Å². The average molecular weight is 251 g/mol. The van der Waals surface area contributed by atoms with Crippen LogP contribution < -0.4 is 5.73 Å². The van der Waals surface area contributed by atoms with Gasteiger partial charge in [0.2, 0.25) is 0 Å². The standard InChI is InChI=1S/C17H17NO/c18-16-6-2-5-15(11-16)17(19)14-9-7-13(8-10-14)12-3-1-4-12/h2,5-12H,1,3-4,18H2. The number of nitrogens with two attached hydrogens (primary N) is 1. The van der Waals surface area contributed by atoms with Crippen molar-refractivity contribution in [3.63, 3.8) is 0 Å². The third kappa shape index (κ3) is 2.39. The number of benzene rings is 2. The van der Waals surface area contributed by atoms with Crippen molar-refractivity contribution in [2.75, 3.05) is 5.73 Å². The minimum Gasteiger partial charge on any atom is -0.399 e. The van der Waals surface area contributed by atoms with Crippen molar-refractivity contribution in [2.24, 2.45) is 0 Å². The molecule has 1 aliphatic carbocycles. The molecule has 1 fully saturated rings. The van der Waals surface area contributed by atoms with Crippen LogP contribution in [0, 0.1) is 0 Å². The van der Waals surface area contributed by atoms with E-state index in [2.05, 4.69) is 12.1 Å². The van der Waals surface area contributed by atoms with E-state index in [1.54, 1.807) is 18.2 Å². The number of hydrogen-bond donors (Lipinski definition) is 1. The van der Waals surface area contributed by atoms with Gasteiger partial charge in [-0.1, -0.05) is 42.8 Å². The van der Waals surface area contributed by atoms with Gasteiger partial charge in [-0.3, -0.25) is 4.79 Å². The SMILES string of the molecule is Nc1cccc(C(=O)c2ccc(C3CCC3)cc2)c1. The Hall–Kier alpha value is -2.09. The smallest absolute Gasteiger partial charge is 0.193 e. The third-order valence-corrected chi connectivity index (χ3v) is 3.90. The average Bonchev–Trinajstić information content (AvgIpc) is 2.37. The van der Waals surface area contributed by atoms with Gasteiger partial charge < -0.3 is 5.73 Å². The monoisotopic (exact) mass is 251 g/mol. The highest BCUT2D eigenvalue weighted by Gasteiger charge is 2.19. The van der Waals surface area contributed by atoms with Crippen LogP contribution in [0.15, 0.2) is 48.5 Å². The Morgan fingerprint density at radius 2 is 1.74 bits per heavy atom. The maximum Gasteiger partial charge on any atom is 0.193 e. The predicted octanol–water partition coefficient (Wildman–Crippen LogP) is 3.77. The molecule has 0 bridgehead atoms. The van der Waals surface area contributed by atoms with Gasteiger partial charge in [0.1, 0.15) is 0 Å². The van der Waals surface area contributed by atoms with E-state index in [1.807, 2.05) is 18.2 Å². The molecule has 0 saturated heterocycles. The predicted molar refractivity (Wildman–Crippen MR) is 77.3 cm³/mol. The molecule has 1 saturated carbocycles. The zero-order chi connectivity index (χ0) is 13.2. The van der Waals surface area contributed by atoms with Crippen molar-refractivity contribution >= 4 is 11.5 Å². The molecule has 0 atom stereocenters. The molecule has 2 N–H and O–H groups in total. The van der Waals surface area contributed by atoms with E-state index < -0.39 is 0 Å². The first-order valence-corrected chi connectivity index (χ1v) is 6.74. The molecule has 0 heterocycles. The van der Waals surface area contributed by atoms with Crippen LogP contribution in [-0.4, -0.2) is 5.78 Å². The molecule has 0 aromatic heterocycles. The second kappa shape index (κ2) is 4.88. The van der Waals surface area contributed by atoms with E-state index in [0.717, 1.165) is 5.56 Å². The number of ketones is 1. The summed E-state index contributed by atoms with van der Waals surface area (Å²) in [7, 11) is 0. The number of carbonyl (C=O) groups is 1. The summed E-state index contributed by atoms with van der Waals surface area (Å²) in [6, 6.07) is 15.2. The molecule has 2 aromatic rings. The summed E-state index contributed by atoms with van der Waals surface area (Å²) in [5.41, 5.74) is 9.07. The number of hydrogen-bond acceptors (Lipinski definition) is 2. The molecule has 3 rings (SSSR count). The van der Waals surface area contributed by atoms with Crippen molar-refractivity contribution in [1.29, 1.82) is 0 Å². The lowest BCUT2D eigenvalue weighted by atomic mass is 9.80. The fourth-order valence-electron chi connectivity index (χ4n) is 2.49.